The maximum atomic E-state index is 11.4. The van der Waals surface area contributed by atoms with Crippen LogP contribution < -0.4 is 5.32 Å². The summed E-state index contributed by atoms with van der Waals surface area (Å²) in [5, 5.41) is 11.7. The summed E-state index contributed by atoms with van der Waals surface area (Å²) < 4.78 is 0. The second-order valence-electron chi connectivity index (χ2n) is 4.70. The Morgan fingerprint density at radius 2 is 2.07 bits per heavy atom. The van der Waals surface area contributed by atoms with Crippen LogP contribution in [0.15, 0.2) is 0 Å². The highest BCUT2D eigenvalue weighted by molar-refractivity contribution is 5.75. The molecule has 0 radical (unpaired) electrons. The molecule has 15 heavy (non-hydrogen) atoms. The number of nitrogens with one attached hydrogen (secondary N) is 1. The predicted octanol–water partition coefficient (Wildman–Crippen LogP) is 1.84. The Kier molecular flexibility index (Phi) is 5.69. The molecule has 0 aliphatic heterocycles. The van der Waals surface area contributed by atoms with Crippen LogP contribution in [-0.2, 0) is 4.79 Å². The van der Waals surface area contributed by atoms with Gasteiger partial charge in [-0.3, -0.25) is 4.79 Å². The van der Waals surface area contributed by atoms with E-state index < -0.39 is 6.10 Å². The summed E-state index contributed by atoms with van der Waals surface area (Å²) in [6.45, 7) is 2.06. The summed E-state index contributed by atoms with van der Waals surface area (Å²) in [5.74, 6) is 0.845. The Bertz CT molecular complexity index is 186. The molecular formula is C12H23NO2. The molecule has 2 N–H and O–H groups in total. The van der Waals surface area contributed by atoms with Crippen LogP contribution in [0.3, 0.4) is 0 Å². The topological polar surface area (TPSA) is 49.3 Å². The normalized spacial score (nSPS) is 19.9. The zero-order valence-electron chi connectivity index (χ0n) is 9.67. The maximum absolute atomic E-state index is 11.4. The summed E-state index contributed by atoms with van der Waals surface area (Å²) in [7, 11) is 0. The Labute approximate surface area is 92.3 Å². The van der Waals surface area contributed by atoms with Crippen LogP contribution in [0.25, 0.3) is 0 Å². The Morgan fingerprint density at radius 3 is 2.67 bits per heavy atom. The smallest absolute Gasteiger partial charge is 0.220 e. The van der Waals surface area contributed by atoms with Crippen LogP contribution in [0.4, 0.5) is 0 Å². The summed E-state index contributed by atoms with van der Waals surface area (Å²) in [5.41, 5.74) is 0. The fraction of sp³-hybridized carbons (Fsp3) is 0.917. The van der Waals surface area contributed by atoms with Gasteiger partial charge in [-0.05, 0) is 19.3 Å². The van der Waals surface area contributed by atoms with Crippen LogP contribution in [0.1, 0.15) is 51.9 Å². The third-order valence-electron chi connectivity index (χ3n) is 3.10. The van der Waals surface area contributed by atoms with Gasteiger partial charge in [0.2, 0.25) is 5.91 Å². The summed E-state index contributed by atoms with van der Waals surface area (Å²) in [6.07, 6.45) is 7.82. The van der Waals surface area contributed by atoms with Crippen LogP contribution >= 0.6 is 0 Å². The van der Waals surface area contributed by atoms with Crippen molar-refractivity contribution in [2.75, 3.05) is 6.54 Å². The van der Waals surface area contributed by atoms with Crippen molar-refractivity contribution in [1.29, 1.82) is 0 Å². The van der Waals surface area contributed by atoms with Crippen molar-refractivity contribution in [1.82, 2.24) is 5.32 Å². The average molecular weight is 213 g/mol. The summed E-state index contributed by atoms with van der Waals surface area (Å²) >= 11 is 0. The SMILES string of the molecule is C[C@H](O)CNC(=O)CCC1CCCCC1. The van der Waals surface area contributed by atoms with Gasteiger partial charge in [0.15, 0.2) is 0 Å². The molecule has 1 amide bonds. The zero-order valence-corrected chi connectivity index (χ0v) is 9.67. The molecule has 1 aliphatic carbocycles. The van der Waals surface area contributed by atoms with E-state index in [4.69, 9.17) is 5.11 Å². The summed E-state index contributed by atoms with van der Waals surface area (Å²) in [6, 6.07) is 0. The van der Waals surface area contributed by atoms with E-state index in [0.29, 0.717) is 13.0 Å². The van der Waals surface area contributed by atoms with E-state index in [9.17, 15) is 4.79 Å². The third kappa shape index (κ3) is 5.78. The molecule has 1 atom stereocenters. The molecule has 0 spiro atoms. The fourth-order valence-electron chi connectivity index (χ4n) is 2.16. The van der Waals surface area contributed by atoms with Crippen LogP contribution in [0.2, 0.25) is 0 Å². The molecule has 0 bridgehead atoms. The van der Waals surface area contributed by atoms with Gasteiger partial charge in [-0.25, -0.2) is 0 Å². The molecule has 1 saturated carbocycles. The van der Waals surface area contributed by atoms with E-state index in [2.05, 4.69) is 5.32 Å². The second-order valence-corrected chi connectivity index (χ2v) is 4.70. The van der Waals surface area contributed by atoms with Crippen LogP contribution in [0.5, 0.6) is 0 Å². The van der Waals surface area contributed by atoms with Crippen LogP contribution in [-0.4, -0.2) is 23.7 Å². The van der Waals surface area contributed by atoms with Gasteiger partial charge >= 0.3 is 0 Å². The molecule has 0 heterocycles. The monoisotopic (exact) mass is 213 g/mol. The van der Waals surface area contributed by atoms with Crippen molar-refractivity contribution in [3.05, 3.63) is 0 Å². The molecule has 1 fully saturated rings. The largest absolute Gasteiger partial charge is 0.392 e. The maximum Gasteiger partial charge on any atom is 0.220 e. The fourth-order valence-corrected chi connectivity index (χ4v) is 2.16. The number of rotatable bonds is 5. The van der Waals surface area contributed by atoms with Gasteiger partial charge in [0, 0.05) is 13.0 Å². The van der Waals surface area contributed by atoms with Gasteiger partial charge in [-0.2, -0.15) is 0 Å². The number of hydrogen-bond donors (Lipinski definition) is 2. The summed E-state index contributed by atoms with van der Waals surface area (Å²) in [4.78, 5) is 11.4. The van der Waals surface area contributed by atoms with E-state index in [1.807, 2.05) is 0 Å². The average Bonchev–Trinajstić information content (AvgIpc) is 2.25. The lowest BCUT2D eigenvalue weighted by molar-refractivity contribution is -0.121. The predicted molar refractivity (Wildman–Crippen MR) is 60.5 cm³/mol. The highest BCUT2D eigenvalue weighted by atomic mass is 16.3. The molecular weight excluding hydrogens is 190 g/mol. The van der Waals surface area contributed by atoms with E-state index >= 15 is 0 Å². The minimum atomic E-state index is -0.441. The van der Waals surface area contributed by atoms with Gasteiger partial charge in [-0.1, -0.05) is 32.1 Å². The molecule has 3 nitrogen and oxygen atoms in total. The quantitative estimate of drug-likeness (QED) is 0.732. The molecule has 0 aromatic carbocycles. The first-order valence-corrected chi connectivity index (χ1v) is 6.13. The molecule has 0 unspecified atom stereocenters. The highest BCUT2D eigenvalue weighted by Gasteiger charge is 2.14. The number of carbonyl (C=O) groups is 1. The Hall–Kier alpha value is -0.570. The zero-order chi connectivity index (χ0) is 11.1. The molecule has 1 aliphatic rings. The van der Waals surface area contributed by atoms with Gasteiger partial charge in [0.25, 0.3) is 0 Å². The molecule has 0 aromatic heterocycles. The minimum Gasteiger partial charge on any atom is -0.392 e. The van der Waals surface area contributed by atoms with Gasteiger partial charge in [0.1, 0.15) is 0 Å². The van der Waals surface area contributed by atoms with Crippen molar-refractivity contribution in [3.63, 3.8) is 0 Å². The van der Waals surface area contributed by atoms with Crippen molar-refractivity contribution in [3.8, 4) is 0 Å². The lowest BCUT2D eigenvalue weighted by atomic mass is 9.86. The molecule has 0 saturated heterocycles. The van der Waals surface area contributed by atoms with Crippen LogP contribution in [0, 0.1) is 5.92 Å². The van der Waals surface area contributed by atoms with E-state index in [-0.39, 0.29) is 5.91 Å². The first-order chi connectivity index (χ1) is 7.18. The first-order valence-electron chi connectivity index (χ1n) is 6.13. The van der Waals surface area contributed by atoms with Crippen molar-refractivity contribution in [2.24, 2.45) is 5.92 Å². The number of hydrogen-bond acceptors (Lipinski definition) is 2. The third-order valence-corrected chi connectivity index (χ3v) is 3.10. The van der Waals surface area contributed by atoms with E-state index in [1.165, 1.54) is 32.1 Å². The van der Waals surface area contributed by atoms with Gasteiger partial charge < -0.3 is 10.4 Å². The number of aliphatic hydroxyl groups is 1. The number of carbonyl (C=O) groups excluding carboxylic acids is 1. The van der Waals surface area contributed by atoms with E-state index in [0.717, 1.165) is 12.3 Å². The lowest BCUT2D eigenvalue weighted by Gasteiger charge is -2.21. The van der Waals surface area contributed by atoms with Gasteiger partial charge in [0.05, 0.1) is 6.10 Å². The minimum absolute atomic E-state index is 0.0847. The number of amides is 1. The van der Waals surface area contributed by atoms with Gasteiger partial charge in [-0.15, -0.1) is 0 Å². The molecule has 1 rings (SSSR count). The standard InChI is InChI=1S/C12H23NO2/c1-10(14)9-13-12(15)8-7-11-5-3-2-4-6-11/h10-11,14H,2-9H2,1H3,(H,13,15)/t10-/m0/s1. The molecule has 88 valence electrons. The van der Waals surface area contributed by atoms with Crippen molar-refractivity contribution < 1.29 is 9.90 Å². The molecule has 0 aromatic rings. The van der Waals surface area contributed by atoms with E-state index in [1.54, 1.807) is 6.92 Å². The Morgan fingerprint density at radius 1 is 1.40 bits per heavy atom. The Balaban J connectivity index is 2.05. The first kappa shape index (κ1) is 12.5. The molecule has 3 heteroatoms. The van der Waals surface area contributed by atoms with Crippen molar-refractivity contribution in [2.45, 2.75) is 58.0 Å². The second kappa shape index (κ2) is 6.83. The number of aliphatic hydroxyl groups excluding tert-OH is 1. The van der Waals surface area contributed by atoms with Crippen molar-refractivity contribution >= 4 is 5.91 Å². The highest BCUT2D eigenvalue weighted by Crippen LogP contribution is 2.27. The lowest BCUT2D eigenvalue weighted by Crippen LogP contribution is -2.30.